The molecule has 0 spiro atoms. The highest BCUT2D eigenvalue weighted by molar-refractivity contribution is 6.15. The van der Waals surface area contributed by atoms with Crippen molar-refractivity contribution in [3.63, 3.8) is 0 Å². The summed E-state index contributed by atoms with van der Waals surface area (Å²) >= 11 is 0. The first-order valence-corrected chi connectivity index (χ1v) is 8.24. The zero-order valence-electron chi connectivity index (χ0n) is 13.9. The zero-order chi connectivity index (χ0) is 17.6. The first-order valence-electron chi connectivity index (χ1n) is 8.24. The summed E-state index contributed by atoms with van der Waals surface area (Å²) in [6.45, 7) is 0.483. The van der Waals surface area contributed by atoms with Crippen molar-refractivity contribution >= 4 is 11.7 Å². The normalized spacial score (nSPS) is 18.4. The van der Waals surface area contributed by atoms with Crippen LogP contribution in [0.4, 0.5) is 0 Å². The Morgan fingerprint density at radius 1 is 1.28 bits per heavy atom. The maximum Gasteiger partial charge on any atom is 0.310 e. The van der Waals surface area contributed by atoms with Crippen molar-refractivity contribution in [3.8, 4) is 0 Å². The van der Waals surface area contributed by atoms with E-state index >= 15 is 0 Å². The van der Waals surface area contributed by atoms with E-state index in [-0.39, 0.29) is 24.6 Å². The van der Waals surface area contributed by atoms with Gasteiger partial charge in [-0.1, -0.05) is 6.07 Å². The Hall–Kier alpha value is -2.73. The third-order valence-electron chi connectivity index (χ3n) is 4.75. The Balaban J connectivity index is 1.79. The number of hydrogen-bond acceptors (Lipinski definition) is 5. The molecule has 2 aromatic rings. The number of carbonyl (C=O) groups is 1. The average Bonchev–Trinajstić information content (AvgIpc) is 2.98. The van der Waals surface area contributed by atoms with Crippen LogP contribution in [0.1, 0.15) is 40.3 Å². The summed E-state index contributed by atoms with van der Waals surface area (Å²) in [6.07, 6.45) is 1.91. The van der Waals surface area contributed by atoms with Gasteiger partial charge in [-0.05, 0) is 28.8 Å². The maximum atomic E-state index is 11.9. The average molecular weight is 338 g/mol. The third kappa shape index (κ3) is 2.68. The van der Waals surface area contributed by atoms with Crippen LogP contribution in [0.2, 0.25) is 0 Å². The Morgan fingerprint density at radius 3 is 2.88 bits per heavy atom. The minimum atomic E-state index is -0.433. The van der Waals surface area contributed by atoms with E-state index in [1.165, 1.54) is 4.57 Å². The minimum Gasteiger partial charge on any atom is -0.457 e. The molecule has 1 aromatic heterocycles. The molecule has 25 heavy (non-hydrogen) atoms. The molecule has 0 saturated heterocycles. The number of aryl methyl sites for hydroxylation is 1. The molecule has 0 radical (unpaired) electrons. The van der Waals surface area contributed by atoms with E-state index in [2.05, 4.69) is 4.99 Å². The monoisotopic (exact) mass is 338 g/mol. The van der Waals surface area contributed by atoms with E-state index in [0.717, 1.165) is 33.5 Å². The van der Waals surface area contributed by atoms with E-state index in [1.54, 1.807) is 19.3 Å². The number of pyridine rings is 1. The van der Waals surface area contributed by atoms with Gasteiger partial charge in [-0.2, -0.15) is 0 Å². The molecule has 3 heterocycles. The lowest BCUT2D eigenvalue weighted by Gasteiger charge is -2.26. The van der Waals surface area contributed by atoms with Gasteiger partial charge in [-0.3, -0.25) is 14.6 Å². The van der Waals surface area contributed by atoms with Crippen molar-refractivity contribution < 1.29 is 14.6 Å². The van der Waals surface area contributed by atoms with Crippen LogP contribution in [0.3, 0.4) is 0 Å². The van der Waals surface area contributed by atoms with Crippen molar-refractivity contribution in [2.75, 3.05) is 6.61 Å². The van der Waals surface area contributed by atoms with Gasteiger partial charge in [0, 0.05) is 43.5 Å². The number of ether oxygens (including phenoxy) is 1. The molecule has 1 unspecified atom stereocenters. The van der Waals surface area contributed by atoms with Crippen LogP contribution in [0.5, 0.6) is 0 Å². The second-order valence-electron chi connectivity index (χ2n) is 6.41. The van der Waals surface area contributed by atoms with Crippen molar-refractivity contribution in [2.24, 2.45) is 12.0 Å². The van der Waals surface area contributed by atoms with Gasteiger partial charge in [0.1, 0.15) is 6.10 Å². The van der Waals surface area contributed by atoms with Crippen molar-refractivity contribution in [1.29, 1.82) is 0 Å². The standard InChI is InChI=1S/C19H18N2O4/c1-21-4-2-11(7-17(21)23)19-15-9-14-12(6-13(15)10-20-19)8-18(24)25-16(14)3-5-22/h2,4,6-7,9,16,22H,3,5,8,10H2,1H3. The van der Waals surface area contributed by atoms with Gasteiger partial charge in [-0.25, -0.2) is 0 Å². The predicted octanol–water partition coefficient (Wildman–Crippen LogP) is 1.26. The highest BCUT2D eigenvalue weighted by Crippen LogP contribution is 2.35. The molecule has 2 aliphatic rings. The van der Waals surface area contributed by atoms with E-state index in [9.17, 15) is 14.7 Å². The number of carbonyl (C=O) groups excluding carboxylic acids is 1. The summed E-state index contributed by atoms with van der Waals surface area (Å²) in [7, 11) is 1.71. The van der Waals surface area contributed by atoms with E-state index in [4.69, 9.17) is 4.74 Å². The third-order valence-corrected chi connectivity index (χ3v) is 4.75. The van der Waals surface area contributed by atoms with Crippen molar-refractivity contribution in [3.05, 3.63) is 68.6 Å². The summed E-state index contributed by atoms with van der Waals surface area (Å²) in [5.74, 6) is -0.267. The zero-order valence-corrected chi connectivity index (χ0v) is 13.9. The largest absolute Gasteiger partial charge is 0.457 e. The Kier molecular flexibility index (Phi) is 3.77. The molecular weight excluding hydrogens is 320 g/mol. The van der Waals surface area contributed by atoms with Gasteiger partial charge in [0.25, 0.3) is 5.56 Å². The minimum absolute atomic E-state index is 0.0514. The SMILES string of the molecule is Cn1ccc(C2=NCc3cc4c(cc32)C(CCO)OC(=O)C4)cc1=O. The van der Waals surface area contributed by atoms with Crippen LogP contribution in [-0.4, -0.2) is 28.0 Å². The molecule has 1 aromatic carbocycles. The Bertz CT molecular complexity index is 958. The van der Waals surface area contributed by atoms with Crippen molar-refractivity contribution in [1.82, 2.24) is 4.57 Å². The number of aliphatic hydroxyl groups is 1. The van der Waals surface area contributed by atoms with Crippen molar-refractivity contribution in [2.45, 2.75) is 25.5 Å². The van der Waals surface area contributed by atoms with Crippen LogP contribution in [0.15, 0.2) is 40.2 Å². The molecule has 0 saturated carbocycles. The number of nitrogens with zero attached hydrogens (tertiary/aromatic N) is 2. The summed E-state index contributed by atoms with van der Waals surface area (Å²) < 4.78 is 6.91. The Labute approximate surface area is 144 Å². The Morgan fingerprint density at radius 2 is 2.12 bits per heavy atom. The number of fused-ring (bicyclic) bond motifs is 2. The van der Waals surface area contributed by atoms with E-state index < -0.39 is 6.10 Å². The van der Waals surface area contributed by atoms with Crippen LogP contribution >= 0.6 is 0 Å². The maximum absolute atomic E-state index is 11.9. The number of aliphatic hydroxyl groups excluding tert-OH is 1. The molecule has 2 aliphatic heterocycles. The number of cyclic esters (lactones) is 1. The molecule has 0 amide bonds. The van der Waals surface area contributed by atoms with Crippen LogP contribution < -0.4 is 5.56 Å². The van der Waals surface area contributed by atoms with Gasteiger partial charge >= 0.3 is 5.97 Å². The lowest BCUT2D eigenvalue weighted by Crippen LogP contribution is -2.23. The van der Waals surface area contributed by atoms with Gasteiger partial charge in [0.15, 0.2) is 0 Å². The van der Waals surface area contributed by atoms with Gasteiger partial charge in [0.05, 0.1) is 18.7 Å². The quantitative estimate of drug-likeness (QED) is 0.855. The molecule has 6 heteroatoms. The fraction of sp³-hybridized carbons (Fsp3) is 0.316. The van der Waals surface area contributed by atoms with Crippen LogP contribution in [0, 0.1) is 0 Å². The summed E-state index contributed by atoms with van der Waals surface area (Å²) in [4.78, 5) is 28.3. The number of hydrogen-bond donors (Lipinski definition) is 1. The summed E-state index contributed by atoms with van der Waals surface area (Å²) in [5.41, 5.74) is 5.36. The molecule has 0 aliphatic carbocycles. The molecule has 6 nitrogen and oxygen atoms in total. The highest BCUT2D eigenvalue weighted by atomic mass is 16.5. The second-order valence-corrected chi connectivity index (χ2v) is 6.41. The first kappa shape index (κ1) is 15.8. The molecule has 128 valence electrons. The summed E-state index contributed by atoms with van der Waals surface area (Å²) in [5, 5.41) is 9.26. The number of aromatic nitrogens is 1. The molecule has 0 fully saturated rings. The van der Waals surface area contributed by atoms with Gasteiger partial charge < -0.3 is 14.4 Å². The lowest BCUT2D eigenvalue weighted by atomic mass is 9.89. The molecule has 1 N–H and O–H groups in total. The fourth-order valence-corrected chi connectivity index (χ4v) is 3.46. The molecule has 1 atom stereocenters. The number of esters is 1. The highest BCUT2D eigenvalue weighted by Gasteiger charge is 2.29. The number of aliphatic imine (C=N–C) groups is 1. The fourth-order valence-electron chi connectivity index (χ4n) is 3.46. The lowest BCUT2D eigenvalue weighted by molar-refractivity contribution is -0.151. The number of rotatable bonds is 3. The molecule has 4 rings (SSSR count). The van der Waals surface area contributed by atoms with Crippen LogP contribution in [0.25, 0.3) is 0 Å². The van der Waals surface area contributed by atoms with Gasteiger partial charge in [-0.15, -0.1) is 0 Å². The van der Waals surface area contributed by atoms with Crippen LogP contribution in [-0.2, 0) is 29.5 Å². The second kappa shape index (κ2) is 5.97. The van der Waals surface area contributed by atoms with E-state index in [0.29, 0.717) is 13.0 Å². The topological polar surface area (TPSA) is 80.9 Å². The predicted molar refractivity (Wildman–Crippen MR) is 91.7 cm³/mol. The smallest absolute Gasteiger partial charge is 0.310 e. The first-order chi connectivity index (χ1) is 12.1. The molecule has 0 bridgehead atoms. The molecular formula is C19H18N2O4. The number of benzene rings is 1. The van der Waals surface area contributed by atoms with Gasteiger partial charge in [0.2, 0.25) is 0 Å². The summed E-state index contributed by atoms with van der Waals surface area (Å²) in [6, 6.07) is 7.46. The van der Waals surface area contributed by atoms with E-state index in [1.807, 2.05) is 18.2 Å².